The standard InChI is InChI=1S/C16H24BNO6S/c1-7-25(20,21)18-13-10-11(8-9-12(13)14(19)22-6)17-23-15(2,3)16(4,5)24-17/h8-10,18H,7H2,1-6H3. The number of nitrogens with one attached hydrogen (secondary N) is 1. The largest absolute Gasteiger partial charge is 0.494 e. The van der Waals surface area contributed by atoms with Crippen molar-refractivity contribution < 1.29 is 27.3 Å². The zero-order valence-corrected chi connectivity index (χ0v) is 16.2. The van der Waals surface area contributed by atoms with Crippen molar-refractivity contribution >= 4 is 34.3 Å². The van der Waals surface area contributed by atoms with Crippen LogP contribution < -0.4 is 10.2 Å². The third-order valence-electron chi connectivity index (χ3n) is 4.62. The summed E-state index contributed by atoms with van der Waals surface area (Å²) in [5.74, 6) is -0.747. The zero-order valence-electron chi connectivity index (χ0n) is 15.4. The lowest BCUT2D eigenvalue weighted by atomic mass is 9.78. The van der Waals surface area contributed by atoms with Crippen LogP contribution in [0.2, 0.25) is 0 Å². The number of methoxy groups -OCH3 is 1. The van der Waals surface area contributed by atoms with E-state index in [0.717, 1.165) is 0 Å². The van der Waals surface area contributed by atoms with E-state index in [4.69, 9.17) is 14.0 Å². The summed E-state index contributed by atoms with van der Waals surface area (Å²) < 4.78 is 43.0. The van der Waals surface area contributed by atoms with Crippen LogP contribution in [0.15, 0.2) is 18.2 Å². The average Bonchev–Trinajstić information content (AvgIpc) is 2.74. The van der Waals surface area contributed by atoms with E-state index in [1.807, 2.05) is 27.7 Å². The first-order valence-corrected chi connectivity index (χ1v) is 9.66. The molecule has 7 nitrogen and oxygen atoms in total. The Morgan fingerprint density at radius 1 is 1.20 bits per heavy atom. The van der Waals surface area contributed by atoms with Gasteiger partial charge in [0, 0.05) is 0 Å². The molecule has 0 unspecified atom stereocenters. The summed E-state index contributed by atoms with van der Waals surface area (Å²) in [4.78, 5) is 11.9. The number of hydrogen-bond donors (Lipinski definition) is 1. The van der Waals surface area contributed by atoms with Crippen LogP contribution >= 0.6 is 0 Å². The number of anilines is 1. The van der Waals surface area contributed by atoms with E-state index >= 15 is 0 Å². The van der Waals surface area contributed by atoms with Gasteiger partial charge in [-0.1, -0.05) is 6.07 Å². The molecular weight excluding hydrogens is 345 g/mol. The van der Waals surface area contributed by atoms with E-state index in [2.05, 4.69) is 4.72 Å². The number of carbonyl (C=O) groups excluding carboxylic acids is 1. The van der Waals surface area contributed by atoms with E-state index in [0.29, 0.717) is 5.46 Å². The first kappa shape index (κ1) is 19.7. The molecule has 0 radical (unpaired) electrons. The van der Waals surface area contributed by atoms with Gasteiger partial charge in [-0.15, -0.1) is 0 Å². The first-order valence-electron chi connectivity index (χ1n) is 8.01. The second-order valence-electron chi connectivity index (χ2n) is 6.89. The fraction of sp³-hybridized carbons (Fsp3) is 0.562. The molecule has 138 valence electrons. The molecule has 1 N–H and O–H groups in total. The fourth-order valence-electron chi connectivity index (χ4n) is 2.30. The maximum atomic E-state index is 11.9. The van der Waals surface area contributed by atoms with Crippen LogP contribution in [0.25, 0.3) is 0 Å². The maximum Gasteiger partial charge on any atom is 0.494 e. The third kappa shape index (κ3) is 3.99. The van der Waals surface area contributed by atoms with Crippen molar-refractivity contribution in [2.45, 2.75) is 45.8 Å². The van der Waals surface area contributed by atoms with Crippen LogP contribution in [0.3, 0.4) is 0 Å². The van der Waals surface area contributed by atoms with Crippen molar-refractivity contribution in [3.8, 4) is 0 Å². The van der Waals surface area contributed by atoms with Gasteiger partial charge >= 0.3 is 13.1 Å². The van der Waals surface area contributed by atoms with Gasteiger partial charge in [-0.05, 0) is 52.2 Å². The van der Waals surface area contributed by atoms with Crippen molar-refractivity contribution in [1.29, 1.82) is 0 Å². The van der Waals surface area contributed by atoms with Gasteiger partial charge in [0.2, 0.25) is 10.0 Å². The molecule has 0 bridgehead atoms. The minimum absolute atomic E-state index is 0.117. The van der Waals surface area contributed by atoms with Gasteiger partial charge in [0.05, 0.1) is 35.3 Å². The highest BCUT2D eigenvalue weighted by atomic mass is 32.2. The Balaban J connectivity index is 2.44. The number of sulfonamides is 1. The Kier molecular flexibility index (Phi) is 5.23. The van der Waals surface area contributed by atoms with Crippen LogP contribution in [-0.4, -0.2) is 45.6 Å². The average molecular weight is 369 g/mol. The SMILES string of the molecule is CCS(=O)(=O)Nc1cc(B2OC(C)(C)C(C)(C)O2)ccc1C(=O)OC. The molecule has 1 aliphatic rings. The molecular formula is C16H24BNO6S. The van der Waals surface area contributed by atoms with Gasteiger partial charge in [0.1, 0.15) is 0 Å². The molecule has 0 atom stereocenters. The van der Waals surface area contributed by atoms with Crippen molar-refractivity contribution in [1.82, 2.24) is 0 Å². The zero-order chi connectivity index (χ0) is 19.0. The number of ether oxygens (including phenoxy) is 1. The second kappa shape index (κ2) is 6.62. The van der Waals surface area contributed by atoms with Gasteiger partial charge < -0.3 is 14.0 Å². The third-order valence-corrected chi connectivity index (χ3v) is 5.91. The molecule has 1 aromatic rings. The predicted molar refractivity (Wildman–Crippen MR) is 96.6 cm³/mol. The van der Waals surface area contributed by atoms with E-state index in [-0.39, 0.29) is 17.0 Å². The Morgan fingerprint density at radius 3 is 2.24 bits per heavy atom. The summed E-state index contributed by atoms with van der Waals surface area (Å²) in [7, 11) is -2.99. The lowest BCUT2D eigenvalue weighted by molar-refractivity contribution is 0.00578. The highest BCUT2D eigenvalue weighted by molar-refractivity contribution is 7.92. The molecule has 0 saturated carbocycles. The van der Waals surface area contributed by atoms with Crippen LogP contribution in [0.5, 0.6) is 0 Å². The highest BCUT2D eigenvalue weighted by Gasteiger charge is 2.51. The quantitative estimate of drug-likeness (QED) is 0.625. The minimum atomic E-state index is -3.56. The molecule has 1 aliphatic heterocycles. The Labute approximate surface area is 149 Å². The Morgan fingerprint density at radius 2 is 1.76 bits per heavy atom. The second-order valence-corrected chi connectivity index (χ2v) is 8.90. The van der Waals surface area contributed by atoms with E-state index < -0.39 is 34.3 Å². The summed E-state index contributed by atoms with van der Waals surface area (Å²) in [5.41, 5.74) is -0.176. The van der Waals surface area contributed by atoms with Crippen molar-refractivity contribution in [2.75, 3.05) is 17.6 Å². The first-order chi connectivity index (χ1) is 11.4. The smallest absolute Gasteiger partial charge is 0.465 e. The number of rotatable bonds is 5. The minimum Gasteiger partial charge on any atom is -0.465 e. The van der Waals surface area contributed by atoms with E-state index in [1.54, 1.807) is 12.1 Å². The molecule has 1 fully saturated rings. The maximum absolute atomic E-state index is 11.9. The predicted octanol–water partition coefficient (Wildman–Crippen LogP) is 1.53. The number of benzene rings is 1. The van der Waals surface area contributed by atoms with Gasteiger partial charge in [0.25, 0.3) is 0 Å². The van der Waals surface area contributed by atoms with Gasteiger partial charge in [0.15, 0.2) is 0 Å². The van der Waals surface area contributed by atoms with E-state index in [1.165, 1.54) is 20.1 Å². The van der Waals surface area contributed by atoms with Crippen LogP contribution in [0.1, 0.15) is 45.0 Å². The highest BCUT2D eigenvalue weighted by Crippen LogP contribution is 2.36. The molecule has 9 heteroatoms. The Hall–Kier alpha value is -1.58. The topological polar surface area (TPSA) is 90.9 Å². The van der Waals surface area contributed by atoms with E-state index in [9.17, 15) is 13.2 Å². The molecule has 1 saturated heterocycles. The molecule has 2 rings (SSSR count). The molecule has 0 amide bonds. The normalized spacial score (nSPS) is 18.9. The summed E-state index contributed by atoms with van der Waals surface area (Å²) in [5, 5.41) is 0. The number of esters is 1. The van der Waals surface area contributed by atoms with Crippen LogP contribution in [0.4, 0.5) is 5.69 Å². The summed E-state index contributed by atoms with van der Waals surface area (Å²) in [6.07, 6.45) is 0. The summed E-state index contributed by atoms with van der Waals surface area (Å²) in [6, 6.07) is 4.71. The van der Waals surface area contributed by atoms with Crippen molar-refractivity contribution in [2.24, 2.45) is 0 Å². The van der Waals surface area contributed by atoms with Crippen LogP contribution in [-0.2, 0) is 24.1 Å². The summed E-state index contributed by atoms with van der Waals surface area (Å²) >= 11 is 0. The van der Waals surface area contributed by atoms with Crippen LogP contribution in [0, 0.1) is 0 Å². The molecule has 0 aliphatic carbocycles. The molecule has 0 spiro atoms. The van der Waals surface area contributed by atoms with Gasteiger partial charge in [-0.2, -0.15) is 0 Å². The van der Waals surface area contributed by atoms with Gasteiger partial charge in [-0.25, -0.2) is 13.2 Å². The lowest BCUT2D eigenvalue weighted by Crippen LogP contribution is -2.41. The molecule has 0 aromatic heterocycles. The summed E-state index contributed by atoms with van der Waals surface area (Å²) in [6.45, 7) is 9.22. The molecule has 1 heterocycles. The molecule has 25 heavy (non-hydrogen) atoms. The van der Waals surface area contributed by atoms with Crippen molar-refractivity contribution in [3.05, 3.63) is 23.8 Å². The number of hydrogen-bond acceptors (Lipinski definition) is 6. The molecule has 1 aromatic carbocycles. The van der Waals surface area contributed by atoms with Gasteiger partial charge in [-0.3, -0.25) is 4.72 Å². The number of carbonyl (C=O) groups is 1. The monoisotopic (exact) mass is 369 g/mol. The fourth-order valence-corrected chi connectivity index (χ4v) is 2.95. The Bertz CT molecular complexity index is 759. The van der Waals surface area contributed by atoms with Crippen molar-refractivity contribution in [3.63, 3.8) is 0 Å². The lowest BCUT2D eigenvalue weighted by Gasteiger charge is -2.32.